The largest absolute Gasteiger partial charge is 0.494 e. The van der Waals surface area contributed by atoms with Crippen LogP contribution in [0.3, 0.4) is 0 Å². The zero-order valence-corrected chi connectivity index (χ0v) is 11.0. The molecule has 0 fully saturated rings. The Balaban J connectivity index is 2.15. The van der Waals surface area contributed by atoms with Crippen molar-refractivity contribution in [1.29, 1.82) is 0 Å². The molecule has 0 saturated carbocycles. The van der Waals surface area contributed by atoms with Gasteiger partial charge in [-0.1, -0.05) is 30.3 Å². The third-order valence-electron chi connectivity index (χ3n) is 3.45. The number of carbonyl (C=O) groups excluding carboxylic acids is 1. The first kappa shape index (κ1) is 11.8. The molecule has 96 valence electrons. The molecule has 1 aliphatic carbocycles. The Hall–Kier alpha value is -2.29. The number of carbonyl (C=O) groups is 1. The van der Waals surface area contributed by atoms with E-state index in [1.807, 2.05) is 18.2 Å². The van der Waals surface area contributed by atoms with Crippen LogP contribution in [0.4, 0.5) is 5.69 Å². The first-order chi connectivity index (χ1) is 9.20. The monoisotopic (exact) mass is 253 g/mol. The molecular weight excluding hydrogens is 238 g/mol. The maximum atomic E-state index is 11.2. The van der Waals surface area contributed by atoms with E-state index >= 15 is 0 Å². The standard InChI is InChI=1S/C16H15NO2/c1-10(18)17-15-8-7-13-12-6-4-3-5-11(12)9-14(13)16(15)19-2/h3-8H,9H2,1-2H3,(H,17,18). The van der Waals surface area contributed by atoms with Crippen LogP contribution >= 0.6 is 0 Å². The highest BCUT2D eigenvalue weighted by atomic mass is 16.5. The minimum absolute atomic E-state index is 0.0891. The van der Waals surface area contributed by atoms with Crippen LogP contribution in [0.1, 0.15) is 18.1 Å². The topological polar surface area (TPSA) is 38.3 Å². The van der Waals surface area contributed by atoms with Crippen molar-refractivity contribution in [1.82, 2.24) is 0 Å². The summed E-state index contributed by atoms with van der Waals surface area (Å²) in [7, 11) is 1.64. The van der Waals surface area contributed by atoms with Crippen molar-refractivity contribution in [3.05, 3.63) is 47.5 Å². The van der Waals surface area contributed by atoms with Gasteiger partial charge < -0.3 is 10.1 Å². The lowest BCUT2D eigenvalue weighted by molar-refractivity contribution is -0.114. The summed E-state index contributed by atoms with van der Waals surface area (Å²) in [6.07, 6.45) is 0.849. The van der Waals surface area contributed by atoms with E-state index in [1.54, 1.807) is 7.11 Å². The van der Waals surface area contributed by atoms with Gasteiger partial charge in [-0.3, -0.25) is 4.79 Å². The molecule has 0 atom stereocenters. The molecule has 0 unspecified atom stereocenters. The Morgan fingerprint density at radius 1 is 1.16 bits per heavy atom. The summed E-state index contributed by atoms with van der Waals surface area (Å²) in [5, 5.41) is 2.82. The second kappa shape index (κ2) is 4.43. The second-order valence-electron chi connectivity index (χ2n) is 4.69. The summed E-state index contributed by atoms with van der Waals surface area (Å²) in [6, 6.07) is 12.3. The molecule has 3 rings (SSSR count). The van der Waals surface area contributed by atoms with Crippen LogP contribution in [-0.2, 0) is 11.2 Å². The number of methoxy groups -OCH3 is 1. The van der Waals surface area contributed by atoms with Crippen molar-refractivity contribution in [3.63, 3.8) is 0 Å². The van der Waals surface area contributed by atoms with Gasteiger partial charge in [0.1, 0.15) is 5.75 Å². The Labute approximate surface area is 112 Å². The minimum atomic E-state index is -0.0891. The van der Waals surface area contributed by atoms with Crippen molar-refractivity contribution >= 4 is 11.6 Å². The van der Waals surface area contributed by atoms with Crippen LogP contribution in [0.5, 0.6) is 5.75 Å². The molecule has 19 heavy (non-hydrogen) atoms. The molecule has 2 aromatic rings. The number of hydrogen-bond acceptors (Lipinski definition) is 2. The molecule has 3 nitrogen and oxygen atoms in total. The van der Waals surface area contributed by atoms with Crippen LogP contribution < -0.4 is 10.1 Å². The van der Waals surface area contributed by atoms with E-state index in [0.29, 0.717) is 0 Å². The van der Waals surface area contributed by atoms with E-state index in [2.05, 4.69) is 23.5 Å². The Morgan fingerprint density at radius 3 is 2.68 bits per heavy atom. The molecule has 1 amide bonds. The normalized spacial score (nSPS) is 11.7. The van der Waals surface area contributed by atoms with Gasteiger partial charge in [-0.2, -0.15) is 0 Å². The fourth-order valence-electron chi connectivity index (χ4n) is 2.70. The molecule has 0 saturated heterocycles. The van der Waals surface area contributed by atoms with Gasteiger partial charge in [0.25, 0.3) is 0 Å². The number of anilines is 1. The lowest BCUT2D eigenvalue weighted by Gasteiger charge is -2.13. The van der Waals surface area contributed by atoms with E-state index in [0.717, 1.165) is 23.4 Å². The summed E-state index contributed by atoms with van der Waals surface area (Å²) < 4.78 is 5.51. The average Bonchev–Trinajstić information content (AvgIpc) is 2.76. The number of nitrogens with one attached hydrogen (secondary N) is 1. The third kappa shape index (κ3) is 1.87. The van der Waals surface area contributed by atoms with E-state index in [9.17, 15) is 4.79 Å². The average molecular weight is 253 g/mol. The van der Waals surface area contributed by atoms with Crippen LogP contribution in [0, 0.1) is 0 Å². The molecule has 2 aromatic carbocycles. The van der Waals surface area contributed by atoms with Crippen molar-refractivity contribution in [3.8, 4) is 16.9 Å². The van der Waals surface area contributed by atoms with Gasteiger partial charge in [0.15, 0.2) is 0 Å². The van der Waals surface area contributed by atoms with Gasteiger partial charge in [-0.05, 0) is 22.8 Å². The van der Waals surface area contributed by atoms with Gasteiger partial charge in [0.2, 0.25) is 5.91 Å². The molecule has 0 bridgehead atoms. The van der Waals surface area contributed by atoms with Crippen LogP contribution in [0.2, 0.25) is 0 Å². The third-order valence-corrected chi connectivity index (χ3v) is 3.45. The first-order valence-electron chi connectivity index (χ1n) is 6.26. The minimum Gasteiger partial charge on any atom is -0.494 e. The highest BCUT2D eigenvalue weighted by molar-refractivity contribution is 5.93. The number of fused-ring (bicyclic) bond motifs is 3. The first-order valence-corrected chi connectivity index (χ1v) is 6.26. The zero-order chi connectivity index (χ0) is 13.4. The molecule has 0 spiro atoms. The molecule has 1 aliphatic rings. The smallest absolute Gasteiger partial charge is 0.221 e. The summed E-state index contributed by atoms with van der Waals surface area (Å²) in [6.45, 7) is 1.50. The summed E-state index contributed by atoms with van der Waals surface area (Å²) in [5.41, 5.74) is 5.64. The number of benzene rings is 2. The van der Waals surface area contributed by atoms with Crippen LogP contribution in [0.25, 0.3) is 11.1 Å². The van der Waals surface area contributed by atoms with Crippen molar-refractivity contribution in [2.45, 2.75) is 13.3 Å². The fourth-order valence-corrected chi connectivity index (χ4v) is 2.70. The van der Waals surface area contributed by atoms with Crippen molar-refractivity contribution in [2.24, 2.45) is 0 Å². The lowest BCUT2D eigenvalue weighted by atomic mass is 10.0. The Kier molecular flexibility index (Phi) is 2.75. The number of ether oxygens (including phenoxy) is 1. The summed E-state index contributed by atoms with van der Waals surface area (Å²) in [5.74, 6) is 0.678. The van der Waals surface area contributed by atoms with E-state index in [1.165, 1.54) is 23.6 Å². The molecule has 0 radical (unpaired) electrons. The van der Waals surface area contributed by atoms with Gasteiger partial charge in [-0.25, -0.2) is 0 Å². The van der Waals surface area contributed by atoms with Crippen LogP contribution in [0.15, 0.2) is 36.4 Å². The molecule has 0 aliphatic heterocycles. The molecule has 1 N–H and O–H groups in total. The highest BCUT2D eigenvalue weighted by Gasteiger charge is 2.23. The summed E-state index contributed by atoms with van der Waals surface area (Å²) >= 11 is 0. The van der Waals surface area contributed by atoms with E-state index in [4.69, 9.17) is 4.74 Å². The Bertz CT molecular complexity index is 662. The number of hydrogen-bond donors (Lipinski definition) is 1. The SMILES string of the molecule is COc1c(NC(C)=O)ccc2c1Cc1ccccc1-2. The molecule has 0 heterocycles. The van der Waals surface area contributed by atoms with E-state index in [-0.39, 0.29) is 5.91 Å². The second-order valence-corrected chi connectivity index (χ2v) is 4.69. The maximum Gasteiger partial charge on any atom is 0.221 e. The van der Waals surface area contributed by atoms with Gasteiger partial charge in [-0.15, -0.1) is 0 Å². The Morgan fingerprint density at radius 2 is 1.95 bits per heavy atom. The molecule has 3 heteroatoms. The maximum absolute atomic E-state index is 11.2. The highest BCUT2D eigenvalue weighted by Crippen LogP contribution is 2.44. The van der Waals surface area contributed by atoms with Gasteiger partial charge in [0, 0.05) is 18.9 Å². The zero-order valence-electron chi connectivity index (χ0n) is 11.0. The summed E-state index contributed by atoms with van der Waals surface area (Å²) in [4.78, 5) is 11.2. The lowest BCUT2D eigenvalue weighted by Crippen LogP contribution is -2.08. The quantitative estimate of drug-likeness (QED) is 0.761. The predicted octanol–water partition coefficient (Wildman–Crippen LogP) is 3.22. The van der Waals surface area contributed by atoms with Crippen molar-refractivity contribution in [2.75, 3.05) is 12.4 Å². The van der Waals surface area contributed by atoms with E-state index < -0.39 is 0 Å². The van der Waals surface area contributed by atoms with Gasteiger partial charge in [0.05, 0.1) is 12.8 Å². The fraction of sp³-hybridized carbons (Fsp3) is 0.188. The predicted molar refractivity (Wildman–Crippen MR) is 75.5 cm³/mol. The van der Waals surface area contributed by atoms with Crippen LogP contribution in [-0.4, -0.2) is 13.0 Å². The van der Waals surface area contributed by atoms with Gasteiger partial charge >= 0.3 is 0 Å². The molecular formula is C16H15NO2. The number of rotatable bonds is 2. The molecule has 0 aromatic heterocycles. The van der Waals surface area contributed by atoms with Crippen molar-refractivity contribution < 1.29 is 9.53 Å². The number of amides is 1.